The number of carbonyl (C=O) groups is 1. The molecular formula is C9H15N3O2S. The minimum Gasteiger partial charge on any atom is -0.462 e. The Labute approximate surface area is 94.0 Å². The Morgan fingerprint density at radius 2 is 2.47 bits per heavy atom. The number of hydrazone groups is 1. The molecule has 5 nitrogen and oxygen atoms in total. The van der Waals surface area contributed by atoms with Gasteiger partial charge in [0.2, 0.25) is 0 Å². The van der Waals surface area contributed by atoms with Crippen molar-refractivity contribution in [2.75, 3.05) is 0 Å². The monoisotopic (exact) mass is 229 g/mol. The molecule has 1 rings (SSSR count). The number of rotatable bonds is 3. The van der Waals surface area contributed by atoms with Crippen LogP contribution in [0.5, 0.6) is 0 Å². The molecule has 0 spiro atoms. The molecule has 1 heterocycles. The maximum atomic E-state index is 11.3. The Bertz CT molecular complexity index is 304. The minimum absolute atomic E-state index is 0.0128. The molecule has 0 aliphatic carbocycles. The number of esters is 1. The summed E-state index contributed by atoms with van der Waals surface area (Å²) in [5.74, 6) is -0.232. The Morgan fingerprint density at radius 3 is 2.93 bits per heavy atom. The van der Waals surface area contributed by atoms with Crippen molar-refractivity contribution < 1.29 is 9.53 Å². The highest BCUT2D eigenvalue weighted by atomic mass is 32.1. The number of nitrogens with zero attached hydrogens (tertiary/aromatic N) is 1. The lowest BCUT2D eigenvalue weighted by molar-refractivity contribution is -0.143. The fourth-order valence-corrected chi connectivity index (χ4v) is 1.60. The predicted octanol–water partition coefficient (Wildman–Crippen LogP) is 0.537. The molecule has 0 amide bonds. The van der Waals surface area contributed by atoms with Gasteiger partial charge >= 0.3 is 5.97 Å². The van der Waals surface area contributed by atoms with Crippen LogP contribution in [-0.2, 0) is 9.53 Å². The Kier molecular flexibility index (Phi) is 4.02. The summed E-state index contributed by atoms with van der Waals surface area (Å²) in [4.78, 5) is 11.3. The lowest BCUT2D eigenvalue weighted by Gasteiger charge is -2.04. The molecule has 0 unspecified atom stereocenters. The fourth-order valence-electron chi connectivity index (χ4n) is 1.56. The van der Waals surface area contributed by atoms with Crippen LogP contribution in [0.1, 0.15) is 26.7 Å². The van der Waals surface area contributed by atoms with E-state index in [1.54, 1.807) is 0 Å². The average molecular weight is 229 g/mol. The molecule has 84 valence electrons. The molecule has 0 bridgehead atoms. The molecule has 1 saturated heterocycles. The van der Waals surface area contributed by atoms with E-state index in [1.807, 2.05) is 13.8 Å². The van der Waals surface area contributed by atoms with Crippen LogP contribution >= 0.6 is 12.2 Å². The summed E-state index contributed by atoms with van der Waals surface area (Å²) in [5, 5.41) is 4.06. The molecular weight excluding hydrogens is 214 g/mol. The van der Waals surface area contributed by atoms with Gasteiger partial charge in [-0.3, -0.25) is 10.2 Å². The van der Waals surface area contributed by atoms with Crippen molar-refractivity contribution in [1.29, 1.82) is 0 Å². The lowest BCUT2D eigenvalue weighted by atomic mass is 9.99. The molecule has 3 N–H and O–H groups in total. The number of thiocarbonyl (C=S) groups is 1. The number of hydrogen-bond donors (Lipinski definition) is 2. The number of ether oxygens (including phenoxy) is 1. The molecule has 1 fully saturated rings. The van der Waals surface area contributed by atoms with Crippen molar-refractivity contribution in [3.05, 3.63) is 0 Å². The van der Waals surface area contributed by atoms with Crippen molar-refractivity contribution in [3.8, 4) is 0 Å². The number of hydrogen-bond acceptors (Lipinski definition) is 4. The van der Waals surface area contributed by atoms with E-state index in [2.05, 4.69) is 22.7 Å². The summed E-state index contributed by atoms with van der Waals surface area (Å²) in [6.45, 7) is 3.71. The summed E-state index contributed by atoms with van der Waals surface area (Å²) in [6, 6.07) is 0. The van der Waals surface area contributed by atoms with Crippen molar-refractivity contribution in [2.45, 2.75) is 32.8 Å². The first-order valence-corrected chi connectivity index (χ1v) is 5.19. The highest BCUT2D eigenvalue weighted by Gasteiger charge is 2.31. The number of carbonyl (C=O) groups excluding carboxylic acids is 1. The zero-order valence-corrected chi connectivity index (χ0v) is 9.63. The lowest BCUT2D eigenvalue weighted by Crippen LogP contribution is -2.25. The zero-order valence-electron chi connectivity index (χ0n) is 8.82. The Morgan fingerprint density at radius 1 is 1.80 bits per heavy atom. The van der Waals surface area contributed by atoms with Gasteiger partial charge in [0.15, 0.2) is 5.11 Å². The fraction of sp³-hybridized carbons (Fsp3) is 0.667. The van der Waals surface area contributed by atoms with E-state index < -0.39 is 0 Å². The third-order valence-electron chi connectivity index (χ3n) is 2.17. The van der Waals surface area contributed by atoms with Gasteiger partial charge in [0.05, 0.1) is 12.0 Å². The first-order valence-electron chi connectivity index (χ1n) is 4.78. The van der Waals surface area contributed by atoms with E-state index in [0.29, 0.717) is 6.42 Å². The summed E-state index contributed by atoms with van der Waals surface area (Å²) in [5.41, 5.74) is 8.50. The van der Waals surface area contributed by atoms with Crippen LogP contribution in [-0.4, -0.2) is 22.9 Å². The van der Waals surface area contributed by atoms with Crippen LogP contribution < -0.4 is 11.2 Å². The quantitative estimate of drug-likeness (QED) is 0.320. The highest BCUT2D eigenvalue weighted by molar-refractivity contribution is 7.80. The van der Waals surface area contributed by atoms with E-state index in [1.165, 1.54) is 0 Å². The minimum atomic E-state index is -0.146. The van der Waals surface area contributed by atoms with Crippen LogP contribution in [0.3, 0.4) is 0 Å². The first-order chi connectivity index (χ1) is 6.99. The van der Waals surface area contributed by atoms with E-state index in [4.69, 9.17) is 10.5 Å². The predicted molar refractivity (Wildman–Crippen MR) is 61.3 cm³/mol. The number of nitrogens with one attached hydrogen (secondary N) is 1. The zero-order chi connectivity index (χ0) is 11.4. The van der Waals surface area contributed by atoms with Crippen LogP contribution in [0.25, 0.3) is 0 Å². The van der Waals surface area contributed by atoms with Gasteiger partial charge in [-0.15, -0.1) is 0 Å². The maximum Gasteiger partial charge on any atom is 0.309 e. The Hall–Kier alpha value is -1.17. The number of nitrogens with two attached hydrogens (primary N) is 1. The van der Waals surface area contributed by atoms with E-state index in [9.17, 15) is 4.79 Å². The van der Waals surface area contributed by atoms with Gasteiger partial charge in [-0.2, -0.15) is 5.10 Å². The molecule has 2 atom stereocenters. The summed E-state index contributed by atoms with van der Waals surface area (Å²) in [7, 11) is 0. The van der Waals surface area contributed by atoms with Gasteiger partial charge in [-0.1, -0.05) is 0 Å². The van der Waals surface area contributed by atoms with E-state index in [0.717, 1.165) is 12.1 Å². The van der Waals surface area contributed by atoms with Crippen molar-refractivity contribution in [2.24, 2.45) is 16.8 Å². The van der Waals surface area contributed by atoms with Crippen LogP contribution in [0.2, 0.25) is 0 Å². The smallest absolute Gasteiger partial charge is 0.309 e. The second-order valence-electron chi connectivity index (χ2n) is 3.71. The summed E-state index contributed by atoms with van der Waals surface area (Å²) in [6.07, 6.45) is 1.34. The van der Waals surface area contributed by atoms with Crippen molar-refractivity contribution in [1.82, 2.24) is 5.43 Å². The van der Waals surface area contributed by atoms with Crippen LogP contribution in [0.4, 0.5) is 0 Å². The standard InChI is InChI=1S/C9H15N3O2S/c1-5(11-12-9(10)15)3-7-4-6(2)14-8(7)13/h6-7H,3-4H2,1-2H3,(H3,10,12,15)/b11-5-/t6-,7-/m0/s1. The summed E-state index contributed by atoms with van der Waals surface area (Å²) < 4.78 is 5.04. The molecule has 1 aliphatic rings. The summed E-state index contributed by atoms with van der Waals surface area (Å²) >= 11 is 4.61. The molecule has 0 aromatic rings. The molecule has 1 aliphatic heterocycles. The Balaban J connectivity index is 2.44. The van der Waals surface area contributed by atoms with E-state index in [-0.39, 0.29) is 23.1 Å². The SMILES string of the molecule is C/C(C[C@H]1C[C@H](C)OC1=O)=N/NC(N)=S. The topological polar surface area (TPSA) is 76.7 Å². The van der Waals surface area contributed by atoms with E-state index >= 15 is 0 Å². The second-order valence-corrected chi connectivity index (χ2v) is 4.15. The number of cyclic esters (lactones) is 1. The third-order valence-corrected chi connectivity index (χ3v) is 2.26. The first kappa shape index (κ1) is 11.9. The highest BCUT2D eigenvalue weighted by Crippen LogP contribution is 2.23. The maximum absolute atomic E-state index is 11.3. The normalized spacial score (nSPS) is 26.3. The third kappa shape index (κ3) is 3.83. The van der Waals surface area contributed by atoms with Gasteiger partial charge in [0.1, 0.15) is 0 Å². The average Bonchev–Trinajstić information content (AvgIpc) is 2.42. The molecule has 0 radical (unpaired) electrons. The largest absolute Gasteiger partial charge is 0.462 e. The van der Waals surface area contributed by atoms with Gasteiger partial charge in [-0.05, 0) is 32.5 Å². The van der Waals surface area contributed by atoms with Gasteiger partial charge < -0.3 is 10.5 Å². The van der Waals surface area contributed by atoms with Gasteiger partial charge in [0, 0.05) is 12.1 Å². The van der Waals surface area contributed by atoms with Crippen molar-refractivity contribution in [3.63, 3.8) is 0 Å². The molecule has 15 heavy (non-hydrogen) atoms. The molecule has 6 heteroatoms. The van der Waals surface area contributed by atoms with Crippen LogP contribution in [0, 0.1) is 5.92 Å². The second kappa shape index (κ2) is 5.06. The van der Waals surface area contributed by atoms with Crippen LogP contribution in [0.15, 0.2) is 5.10 Å². The van der Waals surface area contributed by atoms with Gasteiger partial charge in [-0.25, -0.2) is 0 Å². The molecule has 0 aromatic heterocycles. The van der Waals surface area contributed by atoms with Crippen molar-refractivity contribution >= 4 is 29.0 Å². The molecule has 0 saturated carbocycles. The van der Waals surface area contributed by atoms with Gasteiger partial charge in [0.25, 0.3) is 0 Å². The molecule has 0 aromatic carbocycles.